The van der Waals surface area contributed by atoms with Crippen LogP contribution in [0.15, 0.2) is 22.7 Å². The van der Waals surface area contributed by atoms with Gasteiger partial charge in [0.1, 0.15) is 5.75 Å². The molecule has 1 aromatic carbocycles. The summed E-state index contributed by atoms with van der Waals surface area (Å²) in [7, 11) is 1.54. The highest BCUT2D eigenvalue weighted by molar-refractivity contribution is 9.10. The zero-order chi connectivity index (χ0) is 15.1. The van der Waals surface area contributed by atoms with E-state index in [0.29, 0.717) is 11.4 Å². The molecule has 2 atom stereocenters. The smallest absolute Gasteiger partial charge is 0.307 e. The number of benzene rings is 1. The maximum atomic E-state index is 12.2. The first kappa shape index (κ1) is 14.8. The Kier molecular flexibility index (Phi) is 3.77. The number of nitrogens with one attached hydrogen (secondary N) is 1. The van der Waals surface area contributed by atoms with Gasteiger partial charge in [-0.1, -0.05) is 13.8 Å². The van der Waals surface area contributed by atoms with Gasteiger partial charge in [-0.2, -0.15) is 0 Å². The van der Waals surface area contributed by atoms with Crippen molar-refractivity contribution in [2.75, 3.05) is 12.4 Å². The zero-order valence-electron chi connectivity index (χ0n) is 11.4. The lowest BCUT2D eigenvalue weighted by Crippen LogP contribution is -2.17. The summed E-state index contributed by atoms with van der Waals surface area (Å²) in [5, 5.41) is 11.8. The Morgan fingerprint density at radius 2 is 2.00 bits per heavy atom. The number of anilines is 1. The Morgan fingerprint density at radius 1 is 1.35 bits per heavy atom. The fraction of sp³-hybridized carbons (Fsp3) is 0.429. The normalized spacial score (nSPS) is 23.0. The molecule has 1 fully saturated rings. The average Bonchev–Trinajstić information content (AvgIpc) is 2.95. The molecule has 6 heteroatoms. The quantitative estimate of drug-likeness (QED) is 0.882. The molecule has 0 saturated heterocycles. The first-order valence-corrected chi connectivity index (χ1v) is 6.95. The number of amides is 1. The van der Waals surface area contributed by atoms with Crippen molar-refractivity contribution < 1.29 is 19.4 Å². The van der Waals surface area contributed by atoms with E-state index < -0.39 is 23.2 Å². The molecule has 2 N–H and O–H groups in total. The van der Waals surface area contributed by atoms with Crippen LogP contribution in [0.4, 0.5) is 5.69 Å². The molecule has 0 bridgehead atoms. The molecule has 0 spiro atoms. The number of ether oxygens (including phenoxy) is 1. The predicted octanol–water partition coefficient (Wildman–Crippen LogP) is 2.75. The summed E-state index contributed by atoms with van der Waals surface area (Å²) in [6, 6.07) is 5.18. The van der Waals surface area contributed by atoms with Crippen LogP contribution in [0.25, 0.3) is 0 Å². The largest absolute Gasteiger partial charge is 0.495 e. The van der Waals surface area contributed by atoms with Gasteiger partial charge in [0.2, 0.25) is 5.91 Å². The SMILES string of the molecule is COc1cc(NC(=O)C2C(C(=O)O)C2(C)C)ccc1Br. The molecule has 108 valence electrons. The Bertz CT molecular complexity index is 570. The Labute approximate surface area is 125 Å². The van der Waals surface area contributed by atoms with Crippen LogP contribution in [0.2, 0.25) is 0 Å². The number of carbonyl (C=O) groups excluding carboxylic acids is 1. The van der Waals surface area contributed by atoms with Crippen LogP contribution < -0.4 is 10.1 Å². The fourth-order valence-electron chi connectivity index (χ4n) is 2.55. The molecule has 0 aromatic heterocycles. The van der Waals surface area contributed by atoms with Crippen LogP contribution in [0.3, 0.4) is 0 Å². The topological polar surface area (TPSA) is 75.6 Å². The van der Waals surface area contributed by atoms with E-state index in [1.54, 1.807) is 32.0 Å². The molecular formula is C14H16BrNO4. The van der Waals surface area contributed by atoms with E-state index in [0.717, 1.165) is 4.47 Å². The molecule has 0 radical (unpaired) electrons. The lowest BCUT2D eigenvalue weighted by atomic mass is 10.1. The molecule has 1 aromatic rings. The van der Waals surface area contributed by atoms with E-state index in [4.69, 9.17) is 9.84 Å². The molecule has 0 aliphatic heterocycles. The monoisotopic (exact) mass is 341 g/mol. The van der Waals surface area contributed by atoms with E-state index >= 15 is 0 Å². The highest BCUT2D eigenvalue weighted by Crippen LogP contribution is 2.58. The predicted molar refractivity (Wildman–Crippen MR) is 77.7 cm³/mol. The molecule has 1 aliphatic carbocycles. The summed E-state index contributed by atoms with van der Waals surface area (Å²) in [5.74, 6) is -1.72. The molecule has 1 saturated carbocycles. The Morgan fingerprint density at radius 3 is 2.50 bits per heavy atom. The first-order valence-electron chi connectivity index (χ1n) is 6.16. The van der Waals surface area contributed by atoms with Crippen LogP contribution >= 0.6 is 15.9 Å². The van der Waals surface area contributed by atoms with Crippen molar-refractivity contribution in [3.63, 3.8) is 0 Å². The lowest BCUT2D eigenvalue weighted by molar-refractivity contribution is -0.140. The third-order valence-corrected chi connectivity index (χ3v) is 4.45. The van der Waals surface area contributed by atoms with Crippen molar-refractivity contribution in [2.24, 2.45) is 17.3 Å². The standard InChI is InChI=1S/C14H16BrNO4/c1-14(2)10(11(14)13(18)19)12(17)16-7-4-5-8(15)9(6-7)20-3/h4-6,10-11H,1-3H3,(H,16,17)(H,18,19). The summed E-state index contributed by atoms with van der Waals surface area (Å²) in [6.45, 7) is 3.58. The van der Waals surface area contributed by atoms with Gasteiger partial charge in [0.25, 0.3) is 0 Å². The minimum absolute atomic E-state index is 0.272. The Hall–Kier alpha value is -1.56. The van der Waals surface area contributed by atoms with E-state index in [1.807, 2.05) is 0 Å². The number of aliphatic carboxylic acids is 1. The van der Waals surface area contributed by atoms with Gasteiger partial charge < -0.3 is 15.2 Å². The third kappa shape index (κ3) is 2.52. The van der Waals surface area contributed by atoms with Crippen LogP contribution in [0.5, 0.6) is 5.75 Å². The van der Waals surface area contributed by atoms with Gasteiger partial charge in [-0.15, -0.1) is 0 Å². The number of carboxylic acids is 1. The van der Waals surface area contributed by atoms with Crippen molar-refractivity contribution in [3.05, 3.63) is 22.7 Å². The lowest BCUT2D eigenvalue weighted by Gasteiger charge is -2.09. The highest BCUT2D eigenvalue weighted by atomic mass is 79.9. The number of hydrogen-bond acceptors (Lipinski definition) is 3. The summed E-state index contributed by atoms with van der Waals surface area (Å²) < 4.78 is 5.94. The van der Waals surface area contributed by atoms with Gasteiger partial charge >= 0.3 is 5.97 Å². The maximum absolute atomic E-state index is 12.2. The molecule has 1 aliphatic rings. The zero-order valence-corrected chi connectivity index (χ0v) is 13.0. The van der Waals surface area contributed by atoms with Crippen LogP contribution in [0, 0.1) is 17.3 Å². The molecule has 1 amide bonds. The first-order chi connectivity index (χ1) is 9.28. The van der Waals surface area contributed by atoms with Crippen molar-refractivity contribution in [1.29, 1.82) is 0 Å². The van der Waals surface area contributed by atoms with Crippen LogP contribution in [-0.2, 0) is 9.59 Å². The number of halogens is 1. The van der Waals surface area contributed by atoms with Crippen molar-refractivity contribution in [3.8, 4) is 5.75 Å². The van der Waals surface area contributed by atoms with Gasteiger partial charge in [0.05, 0.1) is 23.4 Å². The molecule has 2 unspecified atom stereocenters. The molecule has 5 nitrogen and oxygen atoms in total. The van der Waals surface area contributed by atoms with Gasteiger partial charge in [-0.05, 0) is 33.5 Å². The number of carbonyl (C=O) groups is 2. The van der Waals surface area contributed by atoms with Gasteiger partial charge in [0, 0.05) is 11.8 Å². The number of hydrogen-bond donors (Lipinski definition) is 2. The summed E-state index contributed by atoms with van der Waals surface area (Å²) in [5.41, 5.74) is 0.0805. The molecule has 0 heterocycles. The second kappa shape index (κ2) is 5.09. The minimum atomic E-state index is -0.927. The van der Waals surface area contributed by atoms with Crippen LogP contribution in [-0.4, -0.2) is 24.1 Å². The van der Waals surface area contributed by atoms with E-state index in [-0.39, 0.29) is 5.91 Å². The highest BCUT2D eigenvalue weighted by Gasteiger charge is 2.65. The number of carboxylic acid groups (broad SMARTS) is 1. The maximum Gasteiger partial charge on any atom is 0.307 e. The van der Waals surface area contributed by atoms with Crippen molar-refractivity contribution in [2.45, 2.75) is 13.8 Å². The number of methoxy groups -OCH3 is 1. The fourth-order valence-corrected chi connectivity index (χ4v) is 2.95. The Balaban J connectivity index is 2.12. The summed E-state index contributed by atoms with van der Waals surface area (Å²) in [4.78, 5) is 23.2. The van der Waals surface area contributed by atoms with Gasteiger partial charge in [-0.3, -0.25) is 9.59 Å². The molecule has 20 heavy (non-hydrogen) atoms. The van der Waals surface area contributed by atoms with Crippen molar-refractivity contribution in [1.82, 2.24) is 0 Å². The van der Waals surface area contributed by atoms with Crippen LogP contribution in [0.1, 0.15) is 13.8 Å². The summed E-state index contributed by atoms with van der Waals surface area (Å²) >= 11 is 3.33. The summed E-state index contributed by atoms with van der Waals surface area (Å²) in [6.07, 6.45) is 0. The second-order valence-electron chi connectivity index (χ2n) is 5.45. The number of rotatable bonds is 4. The van der Waals surface area contributed by atoms with E-state index in [9.17, 15) is 9.59 Å². The molecular weight excluding hydrogens is 326 g/mol. The van der Waals surface area contributed by atoms with E-state index in [1.165, 1.54) is 7.11 Å². The second-order valence-corrected chi connectivity index (χ2v) is 6.31. The van der Waals surface area contributed by atoms with Gasteiger partial charge in [0.15, 0.2) is 0 Å². The van der Waals surface area contributed by atoms with E-state index in [2.05, 4.69) is 21.2 Å². The van der Waals surface area contributed by atoms with Crippen molar-refractivity contribution >= 4 is 33.5 Å². The van der Waals surface area contributed by atoms with Gasteiger partial charge in [-0.25, -0.2) is 0 Å². The third-order valence-electron chi connectivity index (χ3n) is 3.79. The average molecular weight is 342 g/mol. The molecule has 2 rings (SSSR count). The minimum Gasteiger partial charge on any atom is -0.495 e.